The second-order valence-corrected chi connectivity index (χ2v) is 13.9. The molecule has 0 aromatic carbocycles. The minimum atomic E-state index is -3.33. The minimum Gasteiger partial charge on any atom is -0.799 e. The number of carbonyl (C=O) groups excluding carboxylic acids is 2. The first kappa shape index (κ1) is 39.5. The molecular weight excluding hydrogens is 544 g/mol. The van der Waals surface area contributed by atoms with E-state index in [4.69, 9.17) is 9.47 Å². The van der Waals surface area contributed by atoms with Crippen LogP contribution in [0.2, 0.25) is 0 Å². The van der Waals surface area contributed by atoms with Crippen molar-refractivity contribution in [2.24, 2.45) is 0 Å². The standard InChI is InChI=1S/2C12H25O4P.Zn/c2*1-3-4-5-6-7-8-10-16-12(13)9-11-17(2,14)15;/h2*3-11H2,1-2H3,(H,14,15);/q;;+2/p-2. The van der Waals surface area contributed by atoms with Crippen LogP contribution in [0, 0.1) is 0 Å². The summed E-state index contributed by atoms with van der Waals surface area (Å²) in [7, 11) is -6.66. The smallest absolute Gasteiger partial charge is 0.799 e. The molecule has 0 saturated carbocycles. The van der Waals surface area contributed by atoms with E-state index in [0.717, 1.165) is 39.0 Å². The molecule has 35 heavy (non-hydrogen) atoms. The van der Waals surface area contributed by atoms with Crippen LogP contribution in [0.5, 0.6) is 0 Å². The summed E-state index contributed by atoms with van der Waals surface area (Å²) < 4.78 is 31.6. The van der Waals surface area contributed by atoms with E-state index in [1.165, 1.54) is 51.4 Å². The molecule has 2 unspecified atom stereocenters. The van der Waals surface area contributed by atoms with Crippen LogP contribution < -0.4 is 9.79 Å². The van der Waals surface area contributed by atoms with Gasteiger partial charge < -0.3 is 28.4 Å². The van der Waals surface area contributed by atoms with Crippen molar-refractivity contribution in [3.63, 3.8) is 0 Å². The fourth-order valence-electron chi connectivity index (χ4n) is 2.87. The fraction of sp³-hybridized carbons (Fsp3) is 0.917. The Hall–Kier alpha value is -0.0566. The largest absolute Gasteiger partial charge is 2.00 e. The summed E-state index contributed by atoms with van der Waals surface area (Å²) in [5, 5.41) is 0. The van der Waals surface area contributed by atoms with Gasteiger partial charge in [-0.2, -0.15) is 0 Å². The van der Waals surface area contributed by atoms with Crippen LogP contribution in [0.25, 0.3) is 0 Å². The molecule has 0 N–H and O–H groups in total. The first-order valence-electron chi connectivity index (χ1n) is 12.8. The Morgan fingerprint density at radius 1 is 0.600 bits per heavy atom. The molecule has 0 aliphatic heterocycles. The molecule has 0 heterocycles. The van der Waals surface area contributed by atoms with E-state index in [1.54, 1.807) is 0 Å². The quantitative estimate of drug-likeness (QED) is 0.0827. The number of hydrogen-bond acceptors (Lipinski definition) is 8. The first-order valence-corrected chi connectivity index (χ1v) is 17.3. The summed E-state index contributed by atoms with van der Waals surface area (Å²) in [6.45, 7) is 7.46. The maximum atomic E-state index is 11.1. The minimum absolute atomic E-state index is 0. The van der Waals surface area contributed by atoms with Crippen molar-refractivity contribution < 1.29 is 57.5 Å². The average Bonchev–Trinajstić information content (AvgIpc) is 2.74. The van der Waals surface area contributed by atoms with Crippen LogP contribution >= 0.6 is 14.7 Å². The first-order chi connectivity index (χ1) is 15.9. The summed E-state index contributed by atoms with van der Waals surface area (Å²) in [4.78, 5) is 44.0. The predicted octanol–water partition coefficient (Wildman–Crippen LogP) is 5.09. The van der Waals surface area contributed by atoms with Crippen molar-refractivity contribution in [2.75, 3.05) is 38.9 Å². The van der Waals surface area contributed by atoms with Gasteiger partial charge in [0, 0.05) is 14.7 Å². The number of esters is 2. The van der Waals surface area contributed by atoms with Gasteiger partial charge in [-0.1, -0.05) is 78.1 Å². The molecule has 0 rings (SSSR count). The van der Waals surface area contributed by atoms with Gasteiger partial charge in [0.05, 0.1) is 26.1 Å². The zero-order chi connectivity index (χ0) is 26.3. The van der Waals surface area contributed by atoms with Crippen LogP contribution in [0.15, 0.2) is 0 Å². The van der Waals surface area contributed by atoms with Crippen LogP contribution in [0.3, 0.4) is 0 Å². The summed E-state index contributed by atoms with van der Waals surface area (Å²) in [6, 6.07) is 0. The van der Waals surface area contributed by atoms with Crippen molar-refractivity contribution in [2.45, 2.75) is 104 Å². The van der Waals surface area contributed by atoms with Crippen molar-refractivity contribution in [3.05, 3.63) is 0 Å². The van der Waals surface area contributed by atoms with Gasteiger partial charge in [0.15, 0.2) is 0 Å². The summed E-state index contributed by atoms with van der Waals surface area (Å²) >= 11 is 0. The van der Waals surface area contributed by atoms with Gasteiger partial charge >= 0.3 is 31.4 Å². The molecule has 0 saturated heterocycles. The Kier molecular flexibility index (Phi) is 28.8. The van der Waals surface area contributed by atoms with E-state index in [1.807, 2.05) is 0 Å². The summed E-state index contributed by atoms with van der Waals surface area (Å²) in [6.07, 6.45) is 13.4. The maximum absolute atomic E-state index is 11.1. The van der Waals surface area contributed by atoms with Gasteiger partial charge in [0.1, 0.15) is 0 Å². The van der Waals surface area contributed by atoms with Gasteiger partial charge in [-0.3, -0.25) is 9.59 Å². The molecule has 0 bridgehead atoms. The molecule has 0 spiro atoms. The van der Waals surface area contributed by atoms with E-state index in [0.29, 0.717) is 13.2 Å². The second-order valence-electron chi connectivity index (χ2n) is 8.95. The monoisotopic (exact) mass is 590 g/mol. The molecule has 0 aliphatic rings. The predicted molar refractivity (Wildman–Crippen MR) is 135 cm³/mol. The zero-order valence-corrected chi connectivity index (χ0v) is 27.4. The van der Waals surface area contributed by atoms with Crippen LogP contribution in [0.4, 0.5) is 0 Å². The Bertz CT molecular complexity index is 552. The molecule has 0 fully saturated rings. The van der Waals surface area contributed by atoms with Gasteiger partial charge in [0.25, 0.3) is 0 Å². The Morgan fingerprint density at radius 3 is 1.17 bits per heavy atom. The van der Waals surface area contributed by atoms with Crippen molar-refractivity contribution in [3.8, 4) is 0 Å². The Morgan fingerprint density at radius 2 is 0.886 bits per heavy atom. The SMILES string of the molecule is CCCCCCCCOC(=O)CCP(C)(=O)[O-].CCCCCCCCOC(=O)CCP(C)(=O)[O-].[Zn+2]. The van der Waals surface area contributed by atoms with E-state index in [-0.39, 0.29) is 44.6 Å². The Labute approximate surface area is 226 Å². The Balaban J connectivity index is -0.000000569. The molecule has 0 aromatic heterocycles. The number of ether oxygens (including phenoxy) is 2. The molecule has 204 valence electrons. The molecule has 2 atom stereocenters. The molecule has 8 nitrogen and oxygen atoms in total. The number of unbranched alkanes of at least 4 members (excludes halogenated alkanes) is 10. The van der Waals surface area contributed by atoms with Crippen molar-refractivity contribution in [1.82, 2.24) is 0 Å². The topological polar surface area (TPSA) is 133 Å². The molecule has 0 aromatic rings. The molecule has 0 amide bonds. The van der Waals surface area contributed by atoms with Crippen LogP contribution in [0.1, 0.15) is 104 Å². The molecular formula is C24H48O8P2Zn. The third-order valence-corrected chi connectivity index (χ3v) is 7.04. The van der Waals surface area contributed by atoms with Gasteiger partial charge in [0.2, 0.25) is 0 Å². The van der Waals surface area contributed by atoms with Gasteiger partial charge in [-0.15, -0.1) is 0 Å². The second kappa shape index (κ2) is 25.6. The van der Waals surface area contributed by atoms with E-state index in [9.17, 15) is 28.5 Å². The summed E-state index contributed by atoms with van der Waals surface area (Å²) in [5.41, 5.74) is 0. The number of rotatable bonds is 20. The van der Waals surface area contributed by atoms with Gasteiger partial charge in [-0.25, -0.2) is 0 Å². The van der Waals surface area contributed by atoms with Crippen molar-refractivity contribution >= 4 is 26.7 Å². The summed E-state index contributed by atoms with van der Waals surface area (Å²) in [5.74, 6) is -0.812. The van der Waals surface area contributed by atoms with Gasteiger partial charge in [-0.05, 0) is 38.5 Å². The molecule has 0 aliphatic carbocycles. The molecule has 0 radical (unpaired) electrons. The third kappa shape index (κ3) is 38.6. The van der Waals surface area contributed by atoms with E-state index in [2.05, 4.69) is 13.8 Å². The number of hydrogen-bond donors (Lipinski definition) is 0. The normalized spacial score (nSPS) is 13.9. The van der Waals surface area contributed by atoms with E-state index < -0.39 is 26.7 Å². The number of carbonyl (C=O) groups is 2. The van der Waals surface area contributed by atoms with E-state index >= 15 is 0 Å². The zero-order valence-electron chi connectivity index (χ0n) is 22.6. The fourth-order valence-corrected chi connectivity index (χ4v) is 4.05. The van der Waals surface area contributed by atoms with Crippen LogP contribution in [-0.4, -0.2) is 50.8 Å². The molecule has 11 heteroatoms. The average molecular weight is 592 g/mol. The maximum Gasteiger partial charge on any atom is 2.00 e. The van der Waals surface area contributed by atoms with Crippen LogP contribution in [-0.2, 0) is 47.7 Å². The third-order valence-electron chi connectivity index (χ3n) is 4.97. The van der Waals surface area contributed by atoms with Crippen molar-refractivity contribution in [1.29, 1.82) is 0 Å².